The van der Waals surface area contributed by atoms with Gasteiger partial charge in [-0.05, 0) is 59.2 Å². The van der Waals surface area contributed by atoms with Crippen molar-refractivity contribution in [2.45, 2.75) is 101 Å². The van der Waals surface area contributed by atoms with E-state index in [2.05, 4.69) is 83.1 Å². The minimum atomic E-state index is 0. The summed E-state index contributed by atoms with van der Waals surface area (Å²) in [5, 5.41) is 0. The van der Waals surface area contributed by atoms with Crippen LogP contribution >= 0.6 is 0 Å². The maximum absolute atomic E-state index is 3.95. The Morgan fingerprint density at radius 1 is 0.467 bits per heavy atom. The molecule has 0 aliphatic heterocycles. The molecule has 0 unspecified atom stereocenters. The Bertz CT molecular complexity index is 318. The summed E-state index contributed by atoms with van der Waals surface area (Å²) in [5.41, 5.74) is 0. The molecule has 0 heterocycles. The molecule has 1 heteroatoms. The Labute approximate surface area is 207 Å². The molecule has 0 aromatic carbocycles. The molecular weight excluding hydrogens is 396 g/mol. The third-order valence-electron chi connectivity index (χ3n) is 7.94. The fourth-order valence-electron chi connectivity index (χ4n) is 4.42. The average Bonchev–Trinajstić information content (AvgIpc) is 2.99. The Hall–Kier alpha value is 0.714. The van der Waals surface area contributed by atoms with Crippen LogP contribution in [0.2, 0.25) is 0 Å². The summed E-state index contributed by atoms with van der Waals surface area (Å²) in [5.74, 6) is 15.9. The van der Waals surface area contributed by atoms with Gasteiger partial charge < -0.3 is 19.8 Å². The van der Waals surface area contributed by atoms with E-state index in [-0.39, 0.29) is 21.7 Å². The quantitative estimate of drug-likeness (QED) is 0.281. The van der Waals surface area contributed by atoms with Crippen LogP contribution < -0.4 is 0 Å². The third-order valence-corrected chi connectivity index (χ3v) is 7.94. The maximum Gasteiger partial charge on any atom is 4.00 e. The zero-order valence-corrected chi connectivity index (χ0v) is 23.2. The molecule has 0 aromatic rings. The van der Waals surface area contributed by atoms with Crippen molar-refractivity contribution >= 4 is 0 Å². The smallest absolute Gasteiger partial charge is 0.369 e. The van der Waals surface area contributed by atoms with Gasteiger partial charge in [0.15, 0.2) is 0 Å². The van der Waals surface area contributed by atoms with Crippen LogP contribution in [0.5, 0.6) is 0 Å². The molecule has 3 aliphatic rings. The largest absolute Gasteiger partial charge is 4.00 e. The van der Waals surface area contributed by atoms with E-state index in [9.17, 15) is 0 Å². The summed E-state index contributed by atoms with van der Waals surface area (Å²) in [4.78, 5) is 0. The second-order valence-electron chi connectivity index (χ2n) is 9.41. The molecule has 0 nitrogen and oxygen atoms in total. The fraction of sp³-hybridized carbons (Fsp3) is 0.586. The number of hydrogen-bond acceptors (Lipinski definition) is 0. The number of rotatable bonds is 1. The second-order valence-corrected chi connectivity index (χ2v) is 9.41. The second kappa shape index (κ2) is 14.1. The molecule has 3 aliphatic carbocycles. The van der Waals surface area contributed by atoms with Gasteiger partial charge in [0.05, 0.1) is 0 Å². The standard InChI is InChI=1S/2C10H15.C9H16.Ti/c2*1-6-7(2)9(4)10(5)8(6)3;1-8(2)9-6-4-3-5-7-9;/h2*1-5H3;8-9H,1-7H2;/q;;-2;+4. The molecule has 0 aromatic heterocycles. The van der Waals surface area contributed by atoms with Gasteiger partial charge in [-0.2, -0.15) is 0 Å². The van der Waals surface area contributed by atoms with Crippen molar-refractivity contribution in [1.29, 1.82) is 0 Å². The molecular formula is C29H46Ti+2. The monoisotopic (exact) mass is 442 g/mol. The van der Waals surface area contributed by atoms with Crippen LogP contribution in [0.1, 0.15) is 101 Å². The average molecular weight is 443 g/mol. The van der Waals surface area contributed by atoms with E-state index in [0.29, 0.717) is 5.92 Å². The van der Waals surface area contributed by atoms with Crippen molar-refractivity contribution in [2.24, 2.45) is 11.8 Å². The first-order chi connectivity index (χ1) is 13.4. The van der Waals surface area contributed by atoms with Crippen LogP contribution in [0, 0.1) is 84.9 Å². The molecule has 0 atom stereocenters. The maximum atomic E-state index is 3.95. The van der Waals surface area contributed by atoms with Gasteiger partial charge in [-0.3, -0.25) is 0 Å². The summed E-state index contributed by atoms with van der Waals surface area (Å²) in [7, 11) is 0. The van der Waals surface area contributed by atoms with Crippen molar-refractivity contribution in [3.63, 3.8) is 0 Å². The molecule has 0 saturated heterocycles. The molecule has 0 spiro atoms. The van der Waals surface area contributed by atoms with Gasteiger partial charge in [-0.1, -0.05) is 107 Å². The Morgan fingerprint density at radius 2 is 0.667 bits per heavy atom. The molecule has 10 radical (unpaired) electrons. The van der Waals surface area contributed by atoms with Crippen LogP contribution in [-0.2, 0) is 21.7 Å². The number of hydrogen-bond donors (Lipinski definition) is 0. The van der Waals surface area contributed by atoms with Gasteiger partial charge in [-0.25, -0.2) is 0 Å². The van der Waals surface area contributed by atoms with Crippen LogP contribution in [0.15, 0.2) is 0 Å². The van der Waals surface area contributed by atoms with Gasteiger partial charge in [0.1, 0.15) is 0 Å². The molecule has 30 heavy (non-hydrogen) atoms. The first-order valence-corrected chi connectivity index (χ1v) is 11.5. The van der Waals surface area contributed by atoms with Crippen LogP contribution in [0.3, 0.4) is 0 Å². The normalized spacial score (nSPS) is 25.9. The first-order valence-electron chi connectivity index (χ1n) is 11.5. The zero-order valence-electron chi connectivity index (χ0n) is 21.6. The summed E-state index contributed by atoms with van der Waals surface area (Å²) >= 11 is 0. The van der Waals surface area contributed by atoms with Crippen LogP contribution in [0.25, 0.3) is 0 Å². The molecule has 0 N–H and O–H groups in total. The molecule has 164 valence electrons. The Morgan fingerprint density at radius 3 is 0.800 bits per heavy atom. The van der Waals surface area contributed by atoms with Crippen molar-refractivity contribution in [3.05, 3.63) is 73.0 Å². The van der Waals surface area contributed by atoms with Crippen molar-refractivity contribution in [2.75, 3.05) is 0 Å². The summed E-state index contributed by atoms with van der Waals surface area (Å²) in [6.07, 6.45) is 7.00. The van der Waals surface area contributed by atoms with Crippen molar-refractivity contribution in [1.82, 2.24) is 0 Å². The third kappa shape index (κ3) is 7.94. The van der Waals surface area contributed by atoms with Crippen LogP contribution in [-0.4, -0.2) is 0 Å². The van der Waals surface area contributed by atoms with E-state index >= 15 is 0 Å². The first kappa shape index (κ1) is 30.7. The molecule has 3 rings (SSSR count). The Balaban J connectivity index is 0.000000414. The van der Waals surface area contributed by atoms with Gasteiger partial charge in [0, 0.05) is 0 Å². The molecule has 3 fully saturated rings. The minimum Gasteiger partial charge on any atom is -0.369 e. The van der Waals surface area contributed by atoms with Gasteiger partial charge >= 0.3 is 21.7 Å². The predicted molar refractivity (Wildman–Crippen MR) is 130 cm³/mol. The fourth-order valence-corrected chi connectivity index (χ4v) is 4.42. The van der Waals surface area contributed by atoms with Gasteiger partial charge in [0.2, 0.25) is 0 Å². The Kier molecular flexibility index (Phi) is 14.4. The van der Waals surface area contributed by atoms with Gasteiger partial charge in [0.25, 0.3) is 0 Å². The van der Waals surface area contributed by atoms with E-state index in [1.165, 1.54) is 91.3 Å². The van der Waals surface area contributed by atoms with E-state index in [1.54, 1.807) is 0 Å². The van der Waals surface area contributed by atoms with Crippen molar-refractivity contribution < 1.29 is 21.7 Å². The van der Waals surface area contributed by atoms with Gasteiger partial charge in [-0.15, -0.1) is 0 Å². The van der Waals surface area contributed by atoms with Crippen molar-refractivity contribution in [3.8, 4) is 0 Å². The summed E-state index contributed by atoms with van der Waals surface area (Å²) in [6.45, 7) is 29.9. The zero-order chi connectivity index (χ0) is 22.5. The van der Waals surface area contributed by atoms with Crippen LogP contribution in [0.4, 0.5) is 0 Å². The summed E-state index contributed by atoms with van der Waals surface area (Å²) in [6, 6.07) is 0. The summed E-state index contributed by atoms with van der Waals surface area (Å²) < 4.78 is 0. The SMILES string of the molecule is C[C]1[C](C)[C](C)[C](C)[C]1C.C[C]1[C](C)[C](C)[C](C)[C]1C.[CH2-]C([CH2-])C1CCCCC1.[Ti+4]. The van der Waals surface area contributed by atoms with E-state index in [4.69, 9.17) is 0 Å². The molecule has 3 saturated carbocycles. The van der Waals surface area contributed by atoms with E-state index in [1.807, 2.05) is 0 Å². The minimum absolute atomic E-state index is 0. The molecule has 0 amide bonds. The van der Waals surface area contributed by atoms with E-state index in [0.717, 1.165) is 5.92 Å². The van der Waals surface area contributed by atoms with E-state index < -0.39 is 0 Å². The topological polar surface area (TPSA) is 0 Å². The predicted octanol–water partition coefficient (Wildman–Crippen LogP) is 8.79. The molecule has 0 bridgehead atoms.